The number of nitrogens with zero attached hydrogens (tertiary/aromatic N) is 4. The van der Waals surface area contributed by atoms with E-state index >= 15 is 0 Å². The monoisotopic (exact) mass is 259 g/mol. The smallest absolute Gasteiger partial charge is 0.224 e. The second-order valence-electron chi connectivity index (χ2n) is 3.77. The second-order valence-corrected chi connectivity index (χ2v) is 3.77. The molecule has 0 saturated heterocycles. The maximum absolute atomic E-state index is 11.4. The Morgan fingerprint density at radius 1 is 1.53 bits per heavy atom. The zero-order chi connectivity index (χ0) is 14.1. The molecule has 1 aromatic rings. The van der Waals surface area contributed by atoms with Crippen LogP contribution in [0.3, 0.4) is 0 Å². The molecular weight excluding hydrogens is 242 g/mol. The Bertz CT molecular complexity index is 490. The van der Waals surface area contributed by atoms with E-state index in [2.05, 4.69) is 32.1 Å². The van der Waals surface area contributed by atoms with Gasteiger partial charge in [-0.15, -0.1) is 10.2 Å². The van der Waals surface area contributed by atoms with Crippen LogP contribution >= 0.6 is 0 Å². The number of azo groups is 1. The third kappa shape index (κ3) is 5.20. The first kappa shape index (κ1) is 14.7. The summed E-state index contributed by atoms with van der Waals surface area (Å²) in [5, 5.41) is 10.3. The molecule has 1 heterocycles. The number of hydrogen-bond donors (Lipinski definition) is 1. The van der Waals surface area contributed by atoms with Gasteiger partial charge in [-0.25, -0.2) is 0 Å². The van der Waals surface area contributed by atoms with E-state index in [-0.39, 0.29) is 5.91 Å². The molecular formula is C13H17N5O. The second kappa shape index (κ2) is 7.86. The number of nitrogens with one attached hydrogen (secondary N) is 1. The molecule has 0 aliphatic carbocycles. The number of rotatable bonds is 6. The maximum atomic E-state index is 11.4. The topological polar surface area (TPSA) is 79.1 Å². The number of aromatic nitrogens is 1. The highest BCUT2D eigenvalue weighted by Crippen LogP contribution is 2.14. The fourth-order valence-electron chi connectivity index (χ4n) is 1.29. The number of carbonyl (C=O) groups excluding carboxylic acids is 1. The van der Waals surface area contributed by atoms with Crippen molar-refractivity contribution in [2.24, 2.45) is 15.2 Å². The molecule has 0 atom stereocenters. The van der Waals surface area contributed by atoms with E-state index in [1.165, 1.54) is 6.34 Å². The zero-order valence-electron chi connectivity index (χ0n) is 11.1. The summed E-state index contributed by atoms with van der Waals surface area (Å²) in [5.41, 5.74) is 1.69. The van der Waals surface area contributed by atoms with Crippen molar-refractivity contribution in [3.05, 3.63) is 30.6 Å². The summed E-state index contributed by atoms with van der Waals surface area (Å²) in [6, 6.07) is 3.48. The van der Waals surface area contributed by atoms with Crippen molar-refractivity contribution in [3.63, 3.8) is 0 Å². The van der Waals surface area contributed by atoms with E-state index in [0.29, 0.717) is 23.5 Å². The molecule has 0 radical (unpaired) electrons. The van der Waals surface area contributed by atoms with Crippen LogP contribution in [-0.4, -0.2) is 24.3 Å². The highest BCUT2D eigenvalue weighted by molar-refractivity contribution is 5.90. The standard InChI is InChI=1S/C13H17N5O/c1-4-5-13(19)17-11-6-7-12(15-8-11)10(2)18-16-9-14-3/h6-9H,2,4-5H2,1,3H3,(H,17,19)/b14-9-,18-16-. The largest absolute Gasteiger partial charge is 0.325 e. The Balaban J connectivity index is 2.65. The molecule has 0 fully saturated rings. The molecule has 0 unspecified atom stereocenters. The third-order valence-corrected chi connectivity index (χ3v) is 2.17. The first-order chi connectivity index (χ1) is 9.17. The van der Waals surface area contributed by atoms with Crippen LogP contribution in [0.1, 0.15) is 25.5 Å². The van der Waals surface area contributed by atoms with E-state index in [4.69, 9.17) is 0 Å². The molecule has 100 valence electrons. The Labute approximate surface area is 112 Å². The zero-order valence-corrected chi connectivity index (χ0v) is 11.1. The highest BCUT2D eigenvalue weighted by atomic mass is 16.1. The summed E-state index contributed by atoms with van der Waals surface area (Å²) in [7, 11) is 1.60. The van der Waals surface area contributed by atoms with Crippen LogP contribution in [0.15, 0.2) is 40.1 Å². The van der Waals surface area contributed by atoms with Crippen molar-refractivity contribution in [1.82, 2.24) is 4.98 Å². The Morgan fingerprint density at radius 3 is 2.89 bits per heavy atom. The van der Waals surface area contributed by atoms with Crippen LogP contribution in [0.4, 0.5) is 5.69 Å². The lowest BCUT2D eigenvalue weighted by Gasteiger charge is -2.04. The summed E-state index contributed by atoms with van der Waals surface area (Å²) >= 11 is 0. The Hall–Kier alpha value is -2.37. The highest BCUT2D eigenvalue weighted by Gasteiger charge is 2.03. The number of pyridine rings is 1. The number of anilines is 1. The number of aliphatic imine (C=N–C) groups is 1. The van der Waals surface area contributed by atoms with Crippen LogP contribution in [0.25, 0.3) is 5.70 Å². The van der Waals surface area contributed by atoms with Gasteiger partial charge in [0, 0.05) is 13.5 Å². The van der Waals surface area contributed by atoms with Gasteiger partial charge in [0.25, 0.3) is 0 Å². The molecule has 6 heteroatoms. The van der Waals surface area contributed by atoms with Crippen LogP contribution in [0, 0.1) is 0 Å². The Morgan fingerprint density at radius 2 is 2.32 bits per heavy atom. The normalized spacial score (nSPS) is 11.1. The summed E-state index contributed by atoms with van der Waals surface area (Å²) in [4.78, 5) is 19.2. The van der Waals surface area contributed by atoms with Gasteiger partial charge in [0.2, 0.25) is 5.91 Å². The summed E-state index contributed by atoms with van der Waals surface area (Å²) in [6.07, 6.45) is 4.20. The maximum Gasteiger partial charge on any atom is 0.224 e. The predicted molar refractivity (Wildman–Crippen MR) is 76.1 cm³/mol. The molecule has 6 nitrogen and oxygen atoms in total. The number of amides is 1. The minimum Gasteiger partial charge on any atom is -0.325 e. The van der Waals surface area contributed by atoms with Gasteiger partial charge >= 0.3 is 0 Å². The first-order valence-electron chi connectivity index (χ1n) is 5.94. The lowest BCUT2D eigenvalue weighted by Crippen LogP contribution is -2.10. The van der Waals surface area contributed by atoms with E-state index in [1.54, 1.807) is 25.4 Å². The molecule has 0 aliphatic rings. The lowest BCUT2D eigenvalue weighted by molar-refractivity contribution is -0.116. The third-order valence-electron chi connectivity index (χ3n) is 2.17. The van der Waals surface area contributed by atoms with E-state index in [1.807, 2.05) is 6.92 Å². The fourth-order valence-corrected chi connectivity index (χ4v) is 1.29. The molecule has 19 heavy (non-hydrogen) atoms. The van der Waals surface area contributed by atoms with Gasteiger partial charge in [0.15, 0.2) is 0 Å². The average Bonchev–Trinajstić information content (AvgIpc) is 2.40. The molecule has 1 aromatic heterocycles. The minimum atomic E-state index is -0.0188. The molecule has 0 aliphatic heterocycles. The van der Waals surface area contributed by atoms with Crippen molar-refractivity contribution >= 4 is 23.6 Å². The van der Waals surface area contributed by atoms with E-state index < -0.39 is 0 Å². The molecule has 1 N–H and O–H groups in total. The van der Waals surface area contributed by atoms with Crippen molar-refractivity contribution < 1.29 is 4.79 Å². The molecule has 0 aromatic carbocycles. The predicted octanol–water partition coefficient (Wildman–Crippen LogP) is 2.90. The van der Waals surface area contributed by atoms with Crippen LogP contribution in [0.5, 0.6) is 0 Å². The first-order valence-corrected chi connectivity index (χ1v) is 5.94. The van der Waals surface area contributed by atoms with Crippen molar-refractivity contribution in [2.75, 3.05) is 12.4 Å². The number of hydrogen-bond acceptors (Lipinski definition) is 4. The molecule has 1 amide bonds. The van der Waals surface area contributed by atoms with Gasteiger partial charge in [-0.1, -0.05) is 13.5 Å². The Kier molecular flexibility index (Phi) is 6.08. The molecule has 0 bridgehead atoms. The van der Waals surface area contributed by atoms with Crippen molar-refractivity contribution in [1.29, 1.82) is 0 Å². The summed E-state index contributed by atoms with van der Waals surface area (Å²) in [5.74, 6) is -0.0188. The van der Waals surface area contributed by atoms with Crippen molar-refractivity contribution in [2.45, 2.75) is 19.8 Å². The van der Waals surface area contributed by atoms with Crippen LogP contribution < -0.4 is 5.32 Å². The van der Waals surface area contributed by atoms with Gasteiger partial charge in [0.1, 0.15) is 12.0 Å². The summed E-state index contributed by atoms with van der Waals surface area (Å²) < 4.78 is 0. The SMILES string of the molecule is C=C(/N=N\C=N/C)c1ccc(NC(=O)CCC)cn1. The van der Waals surface area contributed by atoms with Gasteiger partial charge in [-0.05, 0) is 18.6 Å². The minimum absolute atomic E-state index is 0.0188. The van der Waals surface area contributed by atoms with Gasteiger partial charge in [-0.3, -0.25) is 14.8 Å². The van der Waals surface area contributed by atoms with E-state index in [9.17, 15) is 4.79 Å². The van der Waals surface area contributed by atoms with Gasteiger partial charge in [-0.2, -0.15) is 0 Å². The van der Waals surface area contributed by atoms with E-state index in [0.717, 1.165) is 6.42 Å². The average molecular weight is 259 g/mol. The van der Waals surface area contributed by atoms with Crippen LogP contribution in [0.2, 0.25) is 0 Å². The summed E-state index contributed by atoms with van der Waals surface area (Å²) in [6.45, 7) is 5.70. The van der Waals surface area contributed by atoms with Crippen molar-refractivity contribution in [3.8, 4) is 0 Å². The van der Waals surface area contributed by atoms with Crippen LogP contribution in [-0.2, 0) is 4.79 Å². The fraction of sp³-hybridized carbons (Fsp3) is 0.308. The molecule has 0 saturated carbocycles. The number of carbonyl (C=O) groups is 1. The van der Waals surface area contributed by atoms with Gasteiger partial charge in [0.05, 0.1) is 17.6 Å². The lowest BCUT2D eigenvalue weighted by atomic mass is 10.2. The van der Waals surface area contributed by atoms with Gasteiger partial charge < -0.3 is 5.32 Å². The molecule has 1 rings (SSSR count). The quantitative estimate of drug-likeness (QED) is 0.484. The molecule has 0 spiro atoms.